The number of allylic oxidation sites excluding steroid dienone is 1. The maximum Gasteiger partial charge on any atom is 0.144 e. The molecule has 0 saturated heterocycles. The van der Waals surface area contributed by atoms with Gasteiger partial charge in [-0.15, -0.1) is 6.58 Å². The molecule has 2 aromatic carbocycles. The lowest BCUT2D eigenvalue weighted by Gasteiger charge is -2.23. The quantitative estimate of drug-likeness (QED) is 0.301. The van der Waals surface area contributed by atoms with Gasteiger partial charge in [-0.1, -0.05) is 57.9 Å². The summed E-state index contributed by atoms with van der Waals surface area (Å²) in [5.74, 6) is -0.0984. The molecule has 0 fully saturated rings. The lowest BCUT2D eigenvalue weighted by molar-refractivity contribution is 0.561. The zero-order chi connectivity index (χ0) is 19.3. The number of benzene rings is 2. The van der Waals surface area contributed by atoms with E-state index in [1.165, 1.54) is 0 Å². The zero-order valence-corrected chi connectivity index (χ0v) is 17.5. The maximum absolute atomic E-state index is 12.8. The first-order chi connectivity index (χ1) is 12.2. The van der Waals surface area contributed by atoms with Crippen molar-refractivity contribution in [2.24, 2.45) is 4.40 Å². The average molecular weight is 408 g/mol. The first kappa shape index (κ1) is 21.0. The Hall–Kier alpha value is -1.26. The van der Waals surface area contributed by atoms with Gasteiger partial charge in [0, 0.05) is 21.5 Å². The molecule has 138 valence electrons. The Morgan fingerprint density at radius 3 is 2.35 bits per heavy atom. The fourth-order valence-corrected chi connectivity index (χ4v) is 3.47. The van der Waals surface area contributed by atoms with Gasteiger partial charge in [-0.3, -0.25) is 0 Å². The summed E-state index contributed by atoms with van der Waals surface area (Å²) in [6.07, 6.45) is 2.50. The van der Waals surface area contributed by atoms with E-state index >= 15 is 0 Å². The van der Waals surface area contributed by atoms with Crippen molar-refractivity contribution in [3.63, 3.8) is 0 Å². The van der Waals surface area contributed by atoms with Crippen molar-refractivity contribution in [1.82, 2.24) is 0 Å². The summed E-state index contributed by atoms with van der Waals surface area (Å²) in [7, 11) is 0. The summed E-state index contributed by atoms with van der Waals surface area (Å²) in [6, 6.07) is 15.1. The summed E-state index contributed by atoms with van der Waals surface area (Å²) >= 11 is 10.8. The van der Waals surface area contributed by atoms with E-state index in [-0.39, 0.29) is 5.92 Å². The molecule has 0 unspecified atom stereocenters. The molecule has 0 N–H and O–H groups in total. The highest BCUT2D eigenvalue weighted by Gasteiger charge is 2.30. The summed E-state index contributed by atoms with van der Waals surface area (Å²) in [4.78, 5) is 0. The molecule has 0 aromatic heterocycles. The second-order valence-corrected chi connectivity index (χ2v) is 9.76. The van der Waals surface area contributed by atoms with Gasteiger partial charge in [-0.25, -0.2) is 0 Å². The van der Waals surface area contributed by atoms with Crippen LogP contribution < -0.4 is 0 Å². The molecule has 0 aliphatic carbocycles. The van der Waals surface area contributed by atoms with Gasteiger partial charge in [0.15, 0.2) is 0 Å². The summed E-state index contributed by atoms with van der Waals surface area (Å²) < 4.78 is 16.9. The van der Waals surface area contributed by atoms with E-state index in [9.17, 15) is 4.55 Å². The molecule has 2 nitrogen and oxygen atoms in total. The van der Waals surface area contributed by atoms with Crippen molar-refractivity contribution in [2.75, 3.05) is 0 Å². The molecule has 26 heavy (non-hydrogen) atoms. The highest BCUT2D eigenvalue weighted by atomic mass is 35.5. The third-order valence-electron chi connectivity index (χ3n) is 3.83. The maximum atomic E-state index is 12.8. The Morgan fingerprint density at radius 2 is 1.81 bits per heavy atom. The second-order valence-electron chi connectivity index (χ2n) is 6.98. The molecule has 0 spiro atoms. The number of nitrogens with zero attached hydrogens (tertiary/aromatic N) is 1. The third-order valence-corrected chi connectivity index (χ3v) is 5.73. The minimum atomic E-state index is -1.39. The minimum absolute atomic E-state index is 0.0984. The molecule has 2 atom stereocenters. The molecule has 2 rings (SSSR count). The van der Waals surface area contributed by atoms with E-state index in [0.29, 0.717) is 16.5 Å². The fourth-order valence-electron chi connectivity index (χ4n) is 2.46. The monoisotopic (exact) mass is 407 g/mol. The molecule has 0 aliphatic heterocycles. The van der Waals surface area contributed by atoms with Crippen molar-refractivity contribution in [3.8, 4) is 0 Å². The van der Waals surface area contributed by atoms with Crippen LogP contribution in [-0.4, -0.2) is 15.0 Å². The lowest BCUT2D eigenvalue weighted by atomic mass is 9.87. The lowest BCUT2D eigenvalue weighted by Crippen LogP contribution is -2.28. The van der Waals surface area contributed by atoms with E-state index in [0.717, 1.165) is 16.8 Å². The third kappa shape index (κ3) is 5.62. The number of hydrogen-bond acceptors (Lipinski definition) is 2. The second kappa shape index (κ2) is 9.09. The molecule has 0 saturated carbocycles. The predicted octanol–water partition coefficient (Wildman–Crippen LogP) is 6.60. The van der Waals surface area contributed by atoms with Crippen LogP contribution in [0.3, 0.4) is 0 Å². The van der Waals surface area contributed by atoms with E-state index in [1.807, 2.05) is 75.4 Å². The SMILES string of the molecule is C=CC[C@@H](C(=N[S@+]([O-])C(C)(C)C)c1ccc(Cl)cc1)c1cccc(Cl)c1. The minimum Gasteiger partial charge on any atom is -0.591 e. The van der Waals surface area contributed by atoms with Crippen molar-refractivity contribution in [3.05, 3.63) is 82.4 Å². The number of halogens is 2. The fraction of sp³-hybridized carbons (Fsp3) is 0.286. The number of hydrogen-bond donors (Lipinski definition) is 0. The topological polar surface area (TPSA) is 35.4 Å². The van der Waals surface area contributed by atoms with Crippen LogP contribution in [0.15, 0.2) is 65.6 Å². The average Bonchev–Trinajstić information content (AvgIpc) is 2.58. The molecular weight excluding hydrogens is 385 g/mol. The molecule has 0 amide bonds. The van der Waals surface area contributed by atoms with Crippen LogP contribution in [0.5, 0.6) is 0 Å². The van der Waals surface area contributed by atoms with Gasteiger partial charge in [0.05, 0.1) is 0 Å². The summed E-state index contributed by atoms with van der Waals surface area (Å²) in [5.41, 5.74) is 2.65. The van der Waals surface area contributed by atoms with Gasteiger partial charge >= 0.3 is 0 Å². The van der Waals surface area contributed by atoms with Crippen molar-refractivity contribution >= 4 is 40.3 Å². The van der Waals surface area contributed by atoms with Crippen molar-refractivity contribution in [1.29, 1.82) is 0 Å². The molecule has 2 aromatic rings. The van der Waals surface area contributed by atoms with E-state index in [2.05, 4.69) is 11.0 Å². The van der Waals surface area contributed by atoms with Crippen LogP contribution in [0.2, 0.25) is 10.0 Å². The van der Waals surface area contributed by atoms with Crippen molar-refractivity contribution < 1.29 is 4.55 Å². The highest BCUT2D eigenvalue weighted by Crippen LogP contribution is 2.30. The normalized spacial score (nSPS) is 14.8. The van der Waals surface area contributed by atoms with Crippen LogP contribution in [0.4, 0.5) is 0 Å². The van der Waals surface area contributed by atoms with E-state index in [1.54, 1.807) is 0 Å². The van der Waals surface area contributed by atoms with Gasteiger partial charge in [0.25, 0.3) is 0 Å². The number of rotatable bonds is 6. The van der Waals surface area contributed by atoms with E-state index in [4.69, 9.17) is 23.2 Å². The Labute approximate surface area is 169 Å². The predicted molar refractivity (Wildman–Crippen MR) is 115 cm³/mol. The Morgan fingerprint density at radius 1 is 1.15 bits per heavy atom. The molecule has 0 aliphatic rings. The van der Waals surface area contributed by atoms with Gasteiger partial charge in [0.2, 0.25) is 0 Å². The molecule has 0 heterocycles. The molecular formula is C21H23Cl2NOS. The van der Waals surface area contributed by atoms with Crippen LogP contribution in [0.25, 0.3) is 0 Å². The van der Waals surface area contributed by atoms with Crippen LogP contribution >= 0.6 is 23.2 Å². The molecule has 5 heteroatoms. The zero-order valence-electron chi connectivity index (χ0n) is 15.2. The Bertz CT molecular complexity index is 781. The van der Waals surface area contributed by atoms with Gasteiger partial charge in [-0.05, 0) is 57.0 Å². The van der Waals surface area contributed by atoms with E-state index < -0.39 is 16.1 Å². The standard InChI is InChI=1S/C21H23Cl2NOS/c1-5-7-19(16-8-6-9-18(23)14-16)20(24-26(25)21(2,3)4)15-10-12-17(22)13-11-15/h5-6,8-14,19H,1,7H2,2-4H3/t19-,26-/m1/s1. The first-order valence-corrected chi connectivity index (χ1v) is 10.2. The largest absolute Gasteiger partial charge is 0.591 e. The Kier molecular flexibility index (Phi) is 7.36. The summed E-state index contributed by atoms with van der Waals surface area (Å²) in [5, 5.41) is 1.30. The molecule has 0 bridgehead atoms. The van der Waals surface area contributed by atoms with Gasteiger partial charge < -0.3 is 4.55 Å². The smallest absolute Gasteiger partial charge is 0.144 e. The van der Waals surface area contributed by atoms with Crippen molar-refractivity contribution in [2.45, 2.75) is 37.9 Å². The van der Waals surface area contributed by atoms with Gasteiger partial charge in [0.1, 0.15) is 21.8 Å². The van der Waals surface area contributed by atoms with Crippen LogP contribution in [0, 0.1) is 0 Å². The highest BCUT2D eigenvalue weighted by molar-refractivity contribution is 7.91. The van der Waals surface area contributed by atoms with Gasteiger partial charge in [-0.2, -0.15) is 0 Å². The first-order valence-electron chi connectivity index (χ1n) is 8.35. The van der Waals surface area contributed by atoms with Crippen LogP contribution in [0.1, 0.15) is 44.2 Å². The molecule has 0 radical (unpaired) electrons. The summed E-state index contributed by atoms with van der Waals surface area (Å²) in [6.45, 7) is 9.61. The van der Waals surface area contributed by atoms with Crippen LogP contribution in [-0.2, 0) is 11.4 Å². The Balaban J connectivity index is 2.60.